The molecule has 0 bridgehead atoms. The summed E-state index contributed by atoms with van der Waals surface area (Å²) in [7, 11) is 0. The molecule has 1 aliphatic heterocycles. The van der Waals surface area contributed by atoms with Crippen LogP contribution in [0.5, 0.6) is 0 Å². The summed E-state index contributed by atoms with van der Waals surface area (Å²) in [5, 5.41) is 3.83. The maximum atomic E-state index is 13.0. The SMILES string of the molecule is CCCC(NC(=O)c1cc2ccccc2[nH]1)C(=O)N1CCN(C(=O)OCC)CC1. The van der Waals surface area contributed by atoms with Crippen molar-refractivity contribution < 1.29 is 19.1 Å². The van der Waals surface area contributed by atoms with Crippen molar-refractivity contribution in [1.82, 2.24) is 20.1 Å². The number of hydrogen-bond acceptors (Lipinski definition) is 4. The Bertz CT molecular complexity index is 837. The Balaban J connectivity index is 1.62. The van der Waals surface area contributed by atoms with Crippen LogP contribution in [0.15, 0.2) is 30.3 Å². The third kappa shape index (κ3) is 4.88. The number of hydrogen-bond donors (Lipinski definition) is 2. The minimum atomic E-state index is -0.590. The fraction of sp³-hybridized carbons (Fsp3) is 0.476. The fourth-order valence-corrected chi connectivity index (χ4v) is 3.52. The van der Waals surface area contributed by atoms with E-state index in [1.807, 2.05) is 31.2 Å². The Kier molecular flexibility index (Phi) is 6.74. The van der Waals surface area contributed by atoms with Crippen molar-refractivity contribution in [3.8, 4) is 0 Å². The van der Waals surface area contributed by atoms with Gasteiger partial charge in [-0.25, -0.2) is 4.79 Å². The van der Waals surface area contributed by atoms with Gasteiger partial charge in [0.2, 0.25) is 5.91 Å². The molecule has 8 heteroatoms. The predicted octanol–water partition coefficient (Wildman–Crippen LogP) is 2.37. The van der Waals surface area contributed by atoms with Gasteiger partial charge in [-0.1, -0.05) is 31.5 Å². The second-order valence-electron chi connectivity index (χ2n) is 7.10. The van der Waals surface area contributed by atoms with Crippen molar-refractivity contribution in [3.05, 3.63) is 36.0 Å². The van der Waals surface area contributed by atoms with Crippen LogP contribution in [0.2, 0.25) is 0 Å². The maximum absolute atomic E-state index is 13.0. The van der Waals surface area contributed by atoms with Gasteiger partial charge in [0.1, 0.15) is 11.7 Å². The van der Waals surface area contributed by atoms with Crippen molar-refractivity contribution in [1.29, 1.82) is 0 Å². The third-order valence-corrected chi connectivity index (χ3v) is 5.07. The van der Waals surface area contributed by atoms with Gasteiger partial charge in [0, 0.05) is 37.1 Å². The lowest BCUT2D eigenvalue weighted by Gasteiger charge is -2.35. The van der Waals surface area contributed by atoms with Crippen LogP contribution < -0.4 is 5.32 Å². The molecule has 1 aromatic carbocycles. The molecule has 3 amide bonds. The lowest BCUT2D eigenvalue weighted by Crippen LogP contribution is -2.55. The summed E-state index contributed by atoms with van der Waals surface area (Å²) in [6.45, 7) is 5.80. The number of para-hydroxylation sites is 1. The lowest BCUT2D eigenvalue weighted by molar-refractivity contribution is -0.135. The molecule has 8 nitrogen and oxygen atoms in total. The normalized spacial score (nSPS) is 15.2. The zero-order valence-corrected chi connectivity index (χ0v) is 16.9. The quantitative estimate of drug-likeness (QED) is 0.778. The number of carbonyl (C=O) groups is 3. The van der Waals surface area contributed by atoms with Crippen molar-refractivity contribution in [2.45, 2.75) is 32.7 Å². The van der Waals surface area contributed by atoms with E-state index in [1.54, 1.807) is 22.8 Å². The van der Waals surface area contributed by atoms with E-state index in [2.05, 4.69) is 10.3 Å². The van der Waals surface area contributed by atoms with E-state index >= 15 is 0 Å². The molecule has 1 saturated heterocycles. The molecule has 29 heavy (non-hydrogen) atoms. The number of nitrogens with zero attached hydrogens (tertiary/aromatic N) is 2. The number of piperazine rings is 1. The van der Waals surface area contributed by atoms with Gasteiger partial charge in [0.25, 0.3) is 5.91 Å². The van der Waals surface area contributed by atoms with Crippen LogP contribution in [0.1, 0.15) is 37.2 Å². The first-order chi connectivity index (χ1) is 14.0. The Morgan fingerprint density at radius 3 is 2.45 bits per heavy atom. The summed E-state index contributed by atoms with van der Waals surface area (Å²) in [5.41, 5.74) is 1.32. The maximum Gasteiger partial charge on any atom is 0.409 e. The lowest BCUT2D eigenvalue weighted by atomic mass is 10.1. The van der Waals surface area contributed by atoms with Crippen molar-refractivity contribution in [2.75, 3.05) is 32.8 Å². The molecule has 0 radical (unpaired) electrons. The monoisotopic (exact) mass is 400 g/mol. The van der Waals surface area contributed by atoms with E-state index in [0.717, 1.165) is 17.3 Å². The highest BCUT2D eigenvalue weighted by molar-refractivity contribution is 6.00. The standard InChI is InChI=1S/C21H28N4O4/c1-3-7-17(20(27)24-10-12-25(13-11-24)21(28)29-4-2)23-19(26)18-14-15-8-5-6-9-16(15)22-18/h5-6,8-9,14,17,22H,3-4,7,10-13H2,1-2H3,(H,23,26). The molecule has 1 unspecified atom stereocenters. The third-order valence-electron chi connectivity index (χ3n) is 5.07. The van der Waals surface area contributed by atoms with Crippen LogP contribution in [0, 0.1) is 0 Å². The van der Waals surface area contributed by atoms with Crippen LogP contribution in [0.25, 0.3) is 10.9 Å². The van der Waals surface area contributed by atoms with Crippen LogP contribution in [0.4, 0.5) is 4.79 Å². The molecule has 0 spiro atoms. The molecule has 1 aliphatic rings. The molecule has 1 fully saturated rings. The second-order valence-corrected chi connectivity index (χ2v) is 7.10. The largest absolute Gasteiger partial charge is 0.450 e. The average molecular weight is 400 g/mol. The number of aromatic amines is 1. The molecule has 3 rings (SSSR count). The van der Waals surface area contributed by atoms with Gasteiger partial charge in [-0.2, -0.15) is 0 Å². The first-order valence-electron chi connectivity index (χ1n) is 10.1. The Morgan fingerprint density at radius 1 is 1.10 bits per heavy atom. The first-order valence-corrected chi connectivity index (χ1v) is 10.1. The van der Waals surface area contributed by atoms with E-state index in [9.17, 15) is 14.4 Å². The topological polar surface area (TPSA) is 94.7 Å². The van der Waals surface area contributed by atoms with Crippen molar-refractivity contribution in [3.63, 3.8) is 0 Å². The number of amides is 3. The number of benzene rings is 1. The number of H-pyrrole nitrogens is 1. The summed E-state index contributed by atoms with van der Waals surface area (Å²) >= 11 is 0. The number of nitrogens with one attached hydrogen (secondary N) is 2. The molecule has 0 aliphatic carbocycles. The molecule has 156 valence electrons. The molecule has 2 aromatic rings. The molecule has 2 N–H and O–H groups in total. The second kappa shape index (κ2) is 9.45. The van der Waals surface area contributed by atoms with E-state index in [0.29, 0.717) is 44.9 Å². The Hall–Kier alpha value is -3.03. The van der Waals surface area contributed by atoms with Gasteiger partial charge >= 0.3 is 6.09 Å². The van der Waals surface area contributed by atoms with E-state index in [4.69, 9.17) is 4.74 Å². The molecular formula is C21H28N4O4. The summed E-state index contributed by atoms with van der Waals surface area (Å²) in [4.78, 5) is 43.9. The number of carbonyl (C=O) groups excluding carboxylic acids is 3. The summed E-state index contributed by atoms with van der Waals surface area (Å²) in [5.74, 6) is -0.405. The van der Waals surface area contributed by atoms with Gasteiger partial charge in [-0.05, 0) is 25.5 Å². The van der Waals surface area contributed by atoms with Crippen LogP contribution in [-0.4, -0.2) is 71.5 Å². The summed E-state index contributed by atoms with van der Waals surface area (Å²) < 4.78 is 5.01. The predicted molar refractivity (Wildman–Crippen MR) is 110 cm³/mol. The van der Waals surface area contributed by atoms with Gasteiger partial charge in [-0.3, -0.25) is 9.59 Å². The van der Waals surface area contributed by atoms with E-state index in [1.165, 1.54) is 0 Å². The number of ether oxygens (including phenoxy) is 1. The highest BCUT2D eigenvalue weighted by atomic mass is 16.6. The van der Waals surface area contributed by atoms with Crippen LogP contribution in [-0.2, 0) is 9.53 Å². The minimum absolute atomic E-state index is 0.111. The molecule has 1 atom stereocenters. The smallest absolute Gasteiger partial charge is 0.409 e. The highest BCUT2D eigenvalue weighted by Crippen LogP contribution is 2.15. The molecular weight excluding hydrogens is 372 g/mol. The Morgan fingerprint density at radius 2 is 1.79 bits per heavy atom. The fourth-order valence-electron chi connectivity index (χ4n) is 3.52. The minimum Gasteiger partial charge on any atom is -0.450 e. The van der Waals surface area contributed by atoms with Crippen LogP contribution >= 0.6 is 0 Å². The van der Waals surface area contributed by atoms with E-state index in [-0.39, 0.29) is 17.9 Å². The van der Waals surface area contributed by atoms with Gasteiger partial charge in [0.15, 0.2) is 0 Å². The molecule has 1 aromatic heterocycles. The molecule has 2 heterocycles. The summed E-state index contributed by atoms with van der Waals surface area (Å²) in [6, 6.07) is 8.85. The van der Waals surface area contributed by atoms with Gasteiger partial charge in [-0.15, -0.1) is 0 Å². The highest BCUT2D eigenvalue weighted by Gasteiger charge is 2.30. The number of aromatic nitrogens is 1. The zero-order chi connectivity index (χ0) is 20.8. The van der Waals surface area contributed by atoms with Crippen LogP contribution in [0.3, 0.4) is 0 Å². The number of rotatable bonds is 6. The van der Waals surface area contributed by atoms with Crippen molar-refractivity contribution >= 4 is 28.8 Å². The van der Waals surface area contributed by atoms with Gasteiger partial charge in [0.05, 0.1) is 6.61 Å². The first kappa shape index (κ1) is 20.7. The zero-order valence-electron chi connectivity index (χ0n) is 16.9. The summed E-state index contributed by atoms with van der Waals surface area (Å²) in [6.07, 6.45) is 0.978. The average Bonchev–Trinajstić information content (AvgIpc) is 3.17. The van der Waals surface area contributed by atoms with Crippen molar-refractivity contribution in [2.24, 2.45) is 0 Å². The molecule has 0 saturated carbocycles. The van der Waals surface area contributed by atoms with E-state index < -0.39 is 6.04 Å². The Labute approximate surface area is 170 Å². The number of fused-ring (bicyclic) bond motifs is 1. The van der Waals surface area contributed by atoms with Gasteiger partial charge < -0.3 is 24.8 Å².